The fourth-order valence-electron chi connectivity index (χ4n) is 1.86. The van der Waals surface area contributed by atoms with Crippen molar-refractivity contribution < 1.29 is 14.0 Å². The van der Waals surface area contributed by atoms with E-state index in [-0.39, 0.29) is 18.2 Å². The molecule has 2 N–H and O–H groups in total. The highest BCUT2D eigenvalue weighted by Crippen LogP contribution is 1.99. The minimum Gasteiger partial charge on any atom is -0.472 e. The van der Waals surface area contributed by atoms with Crippen molar-refractivity contribution in [2.24, 2.45) is 0 Å². The number of carbonyl (C=O) groups is 2. The van der Waals surface area contributed by atoms with Gasteiger partial charge in [0.15, 0.2) is 0 Å². The fourth-order valence-corrected chi connectivity index (χ4v) is 1.86. The average molecular weight is 286 g/mol. The van der Waals surface area contributed by atoms with Crippen LogP contribution in [0, 0.1) is 0 Å². The van der Waals surface area contributed by atoms with Crippen LogP contribution in [0.3, 0.4) is 0 Å². The van der Waals surface area contributed by atoms with Gasteiger partial charge in [-0.15, -0.1) is 0 Å². The van der Waals surface area contributed by atoms with Crippen molar-refractivity contribution in [2.45, 2.75) is 12.8 Å². The van der Waals surface area contributed by atoms with Gasteiger partial charge in [-0.3, -0.25) is 9.59 Å². The van der Waals surface area contributed by atoms with Gasteiger partial charge in [0.25, 0.3) is 5.91 Å². The van der Waals surface area contributed by atoms with E-state index in [1.165, 1.54) is 18.1 Å². The summed E-state index contributed by atoms with van der Waals surface area (Å²) in [7, 11) is 0. The molecule has 0 aliphatic rings. The fraction of sp³-hybridized carbons (Fsp3) is 0.250. The molecule has 1 aromatic carbocycles. The predicted octanol–water partition coefficient (Wildman–Crippen LogP) is 1.76. The van der Waals surface area contributed by atoms with Crippen LogP contribution in [0.2, 0.25) is 0 Å². The molecule has 2 rings (SSSR count). The molecule has 0 fully saturated rings. The van der Waals surface area contributed by atoms with Crippen LogP contribution >= 0.6 is 0 Å². The van der Waals surface area contributed by atoms with E-state index in [2.05, 4.69) is 10.6 Å². The lowest BCUT2D eigenvalue weighted by atomic mass is 10.1. The molecule has 1 heterocycles. The number of rotatable bonds is 7. The maximum Gasteiger partial charge on any atom is 0.254 e. The first-order valence-corrected chi connectivity index (χ1v) is 6.87. The number of nitrogens with one attached hydrogen (secondary N) is 2. The summed E-state index contributed by atoms with van der Waals surface area (Å²) in [6, 6.07) is 11.5. The molecule has 0 bridgehead atoms. The van der Waals surface area contributed by atoms with Crippen molar-refractivity contribution >= 4 is 11.8 Å². The van der Waals surface area contributed by atoms with Gasteiger partial charge in [0, 0.05) is 19.5 Å². The molecular weight excluding hydrogens is 268 g/mol. The molecule has 5 nitrogen and oxygen atoms in total. The zero-order chi connectivity index (χ0) is 14.9. The Kier molecular flexibility index (Phi) is 5.58. The van der Waals surface area contributed by atoms with Gasteiger partial charge in [-0.25, -0.2) is 0 Å². The van der Waals surface area contributed by atoms with Crippen LogP contribution in [0.4, 0.5) is 0 Å². The van der Waals surface area contributed by atoms with E-state index in [9.17, 15) is 9.59 Å². The van der Waals surface area contributed by atoms with Crippen molar-refractivity contribution in [3.05, 3.63) is 60.1 Å². The van der Waals surface area contributed by atoms with Crippen molar-refractivity contribution in [1.29, 1.82) is 0 Å². The Morgan fingerprint density at radius 3 is 2.52 bits per heavy atom. The van der Waals surface area contributed by atoms with E-state index in [1.54, 1.807) is 6.07 Å². The van der Waals surface area contributed by atoms with E-state index in [1.807, 2.05) is 30.3 Å². The summed E-state index contributed by atoms with van der Waals surface area (Å²) < 4.78 is 4.82. The minimum atomic E-state index is -0.235. The van der Waals surface area contributed by atoms with Crippen LogP contribution in [0.5, 0.6) is 0 Å². The molecule has 0 radical (unpaired) electrons. The molecule has 0 saturated carbocycles. The SMILES string of the molecule is O=C(CCNC(=O)c1ccoc1)NCCc1ccccc1. The first-order chi connectivity index (χ1) is 10.3. The summed E-state index contributed by atoms with van der Waals surface area (Å²) in [6.45, 7) is 0.902. The summed E-state index contributed by atoms with van der Waals surface area (Å²) in [5, 5.41) is 5.50. The van der Waals surface area contributed by atoms with Gasteiger partial charge < -0.3 is 15.1 Å². The molecule has 1 aromatic heterocycles. The Hall–Kier alpha value is -2.56. The lowest BCUT2D eigenvalue weighted by Crippen LogP contribution is -2.31. The molecule has 2 aromatic rings. The second-order valence-corrected chi connectivity index (χ2v) is 4.60. The van der Waals surface area contributed by atoms with Gasteiger partial charge in [0.1, 0.15) is 6.26 Å². The highest BCUT2D eigenvalue weighted by Gasteiger charge is 2.07. The maximum atomic E-state index is 11.6. The smallest absolute Gasteiger partial charge is 0.254 e. The summed E-state index contributed by atoms with van der Waals surface area (Å²) in [6.07, 6.45) is 3.87. The number of hydrogen-bond acceptors (Lipinski definition) is 3. The van der Waals surface area contributed by atoms with E-state index in [0.717, 1.165) is 6.42 Å². The summed E-state index contributed by atoms with van der Waals surface area (Å²) in [5.74, 6) is -0.306. The molecule has 0 spiro atoms. The lowest BCUT2D eigenvalue weighted by Gasteiger charge is -2.06. The summed E-state index contributed by atoms with van der Waals surface area (Å²) >= 11 is 0. The molecule has 21 heavy (non-hydrogen) atoms. The normalized spacial score (nSPS) is 10.1. The first-order valence-electron chi connectivity index (χ1n) is 6.87. The number of hydrogen-bond donors (Lipinski definition) is 2. The zero-order valence-corrected chi connectivity index (χ0v) is 11.7. The van der Waals surface area contributed by atoms with Crippen LogP contribution < -0.4 is 10.6 Å². The Bertz CT molecular complexity index is 564. The number of furan rings is 1. The Balaban J connectivity index is 1.58. The van der Waals surface area contributed by atoms with Crippen molar-refractivity contribution in [2.75, 3.05) is 13.1 Å². The second kappa shape index (κ2) is 7.89. The Labute approximate surface area is 123 Å². The van der Waals surface area contributed by atoms with Crippen LogP contribution in [-0.4, -0.2) is 24.9 Å². The predicted molar refractivity (Wildman–Crippen MR) is 78.8 cm³/mol. The summed E-state index contributed by atoms with van der Waals surface area (Å²) in [5.41, 5.74) is 1.64. The molecular formula is C16H18N2O3. The number of benzene rings is 1. The molecule has 2 amide bonds. The molecule has 0 saturated heterocycles. The Morgan fingerprint density at radius 1 is 1.00 bits per heavy atom. The largest absolute Gasteiger partial charge is 0.472 e. The van der Waals surface area contributed by atoms with Gasteiger partial charge in [0.2, 0.25) is 5.91 Å². The van der Waals surface area contributed by atoms with Crippen molar-refractivity contribution in [3.63, 3.8) is 0 Å². The topological polar surface area (TPSA) is 71.3 Å². The molecule has 110 valence electrons. The zero-order valence-electron chi connectivity index (χ0n) is 11.7. The number of carbonyl (C=O) groups excluding carboxylic acids is 2. The quantitative estimate of drug-likeness (QED) is 0.814. The first kappa shape index (κ1) is 14.8. The minimum absolute atomic E-state index is 0.0709. The van der Waals surface area contributed by atoms with Crippen LogP contribution in [0.25, 0.3) is 0 Å². The lowest BCUT2D eigenvalue weighted by molar-refractivity contribution is -0.120. The van der Waals surface area contributed by atoms with Gasteiger partial charge >= 0.3 is 0 Å². The van der Waals surface area contributed by atoms with E-state index < -0.39 is 0 Å². The van der Waals surface area contributed by atoms with Crippen LogP contribution in [0.15, 0.2) is 53.3 Å². The van der Waals surface area contributed by atoms with E-state index in [4.69, 9.17) is 4.42 Å². The number of amides is 2. The molecule has 5 heteroatoms. The monoisotopic (exact) mass is 286 g/mol. The second-order valence-electron chi connectivity index (χ2n) is 4.60. The molecule has 0 unspecified atom stereocenters. The Morgan fingerprint density at radius 2 is 1.81 bits per heavy atom. The van der Waals surface area contributed by atoms with Crippen LogP contribution in [0.1, 0.15) is 22.3 Å². The average Bonchev–Trinajstić information content (AvgIpc) is 3.02. The van der Waals surface area contributed by atoms with Gasteiger partial charge in [-0.1, -0.05) is 30.3 Å². The van der Waals surface area contributed by atoms with Gasteiger partial charge in [-0.2, -0.15) is 0 Å². The molecule has 0 aliphatic carbocycles. The highest BCUT2D eigenvalue weighted by atomic mass is 16.3. The third-order valence-corrected chi connectivity index (χ3v) is 3.00. The summed E-state index contributed by atoms with van der Waals surface area (Å²) in [4.78, 5) is 23.2. The van der Waals surface area contributed by atoms with E-state index in [0.29, 0.717) is 18.7 Å². The standard InChI is InChI=1S/C16H18N2O3/c19-15(17-9-6-13-4-2-1-3-5-13)7-10-18-16(20)14-8-11-21-12-14/h1-5,8,11-12H,6-7,9-10H2,(H,17,19)(H,18,20). The molecule has 0 aliphatic heterocycles. The maximum absolute atomic E-state index is 11.6. The third kappa shape index (κ3) is 5.14. The van der Waals surface area contributed by atoms with Gasteiger partial charge in [0.05, 0.1) is 11.8 Å². The van der Waals surface area contributed by atoms with Crippen molar-refractivity contribution in [1.82, 2.24) is 10.6 Å². The van der Waals surface area contributed by atoms with Gasteiger partial charge in [-0.05, 0) is 18.1 Å². The van der Waals surface area contributed by atoms with Crippen molar-refractivity contribution in [3.8, 4) is 0 Å². The third-order valence-electron chi connectivity index (χ3n) is 3.00. The van der Waals surface area contributed by atoms with Crippen LogP contribution in [-0.2, 0) is 11.2 Å². The van der Waals surface area contributed by atoms with E-state index >= 15 is 0 Å². The highest BCUT2D eigenvalue weighted by molar-refractivity contribution is 5.93. The molecule has 0 atom stereocenters.